The second-order valence-corrected chi connectivity index (χ2v) is 4.86. The van der Waals surface area contributed by atoms with Crippen molar-refractivity contribution in [2.75, 3.05) is 5.32 Å². The molecule has 0 aliphatic rings. The van der Waals surface area contributed by atoms with Crippen molar-refractivity contribution in [3.05, 3.63) is 45.3 Å². The summed E-state index contributed by atoms with van der Waals surface area (Å²) in [4.78, 5) is 8.45. The van der Waals surface area contributed by atoms with Crippen LogP contribution in [0.5, 0.6) is 0 Å². The van der Waals surface area contributed by atoms with Crippen LogP contribution >= 0.6 is 22.6 Å². The van der Waals surface area contributed by atoms with Crippen LogP contribution in [0.3, 0.4) is 0 Å². The Morgan fingerprint density at radius 1 is 1.06 bits per heavy atom. The number of aryl methyl sites for hydroxylation is 2. The van der Waals surface area contributed by atoms with Gasteiger partial charge < -0.3 is 5.32 Å². The molecule has 1 aromatic heterocycles. The van der Waals surface area contributed by atoms with Crippen LogP contribution in [0.1, 0.15) is 11.1 Å². The number of benzene rings is 1. The van der Waals surface area contributed by atoms with Crippen LogP contribution in [0.15, 0.2) is 30.6 Å². The smallest absolute Gasteiger partial charge is 0.227 e. The van der Waals surface area contributed by atoms with E-state index in [2.05, 4.69) is 63.9 Å². The van der Waals surface area contributed by atoms with Gasteiger partial charge >= 0.3 is 0 Å². The van der Waals surface area contributed by atoms with Crippen molar-refractivity contribution >= 4 is 34.2 Å². The maximum atomic E-state index is 4.23. The number of hydrogen-bond acceptors (Lipinski definition) is 3. The lowest BCUT2D eigenvalue weighted by molar-refractivity contribution is 1.14. The van der Waals surface area contributed by atoms with Crippen molar-refractivity contribution in [2.24, 2.45) is 0 Å². The van der Waals surface area contributed by atoms with Crippen molar-refractivity contribution in [1.29, 1.82) is 0 Å². The molecule has 0 bridgehead atoms. The van der Waals surface area contributed by atoms with Crippen molar-refractivity contribution in [3.63, 3.8) is 0 Å². The summed E-state index contributed by atoms with van der Waals surface area (Å²) in [5.41, 5.74) is 3.48. The van der Waals surface area contributed by atoms with Crippen LogP contribution in [0, 0.1) is 17.4 Å². The summed E-state index contributed by atoms with van der Waals surface area (Å²) in [5, 5.41) is 3.24. The number of aromatic nitrogens is 2. The summed E-state index contributed by atoms with van der Waals surface area (Å²) in [6.45, 7) is 4.14. The van der Waals surface area contributed by atoms with E-state index in [0.717, 1.165) is 9.26 Å². The van der Waals surface area contributed by atoms with E-state index >= 15 is 0 Å². The van der Waals surface area contributed by atoms with Gasteiger partial charge in [-0.3, -0.25) is 0 Å². The zero-order valence-corrected chi connectivity index (χ0v) is 11.3. The van der Waals surface area contributed by atoms with Gasteiger partial charge in [0.2, 0.25) is 5.95 Å². The summed E-state index contributed by atoms with van der Waals surface area (Å²) in [6, 6.07) is 6.19. The molecule has 1 heterocycles. The van der Waals surface area contributed by atoms with E-state index in [1.54, 1.807) is 12.4 Å². The van der Waals surface area contributed by atoms with Gasteiger partial charge in [0.05, 0.1) is 0 Å². The highest BCUT2D eigenvalue weighted by molar-refractivity contribution is 14.1. The molecule has 0 spiro atoms. The molecule has 0 saturated carbocycles. The fourth-order valence-corrected chi connectivity index (χ4v) is 1.78. The van der Waals surface area contributed by atoms with Gasteiger partial charge in [-0.2, -0.15) is 0 Å². The maximum absolute atomic E-state index is 4.23. The zero-order valence-electron chi connectivity index (χ0n) is 9.16. The van der Waals surface area contributed by atoms with Crippen LogP contribution in [-0.4, -0.2) is 9.97 Å². The second kappa shape index (κ2) is 4.78. The van der Waals surface area contributed by atoms with Crippen LogP contribution in [0.25, 0.3) is 0 Å². The number of anilines is 2. The Labute approximate surface area is 108 Å². The molecule has 0 amide bonds. The van der Waals surface area contributed by atoms with Crippen LogP contribution in [0.4, 0.5) is 11.6 Å². The Morgan fingerprint density at radius 3 is 2.19 bits per heavy atom. The molecule has 1 N–H and O–H groups in total. The van der Waals surface area contributed by atoms with Gasteiger partial charge in [-0.15, -0.1) is 0 Å². The second-order valence-electron chi connectivity index (χ2n) is 3.62. The molecule has 4 heteroatoms. The largest absolute Gasteiger partial charge is 0.324 e. The van der Waals surface area contributed by atoms with Gasteiger partial charge in [0.1, 0.15) is 0 Å². The number of rotatable bonds is 2. The van der Waals surface area contributed by atoms with Crippen LogP contribution < -0.4 is 5.32 Å². The Bertz CT molecular complexity index is 474. The predicted octanol–water partition coefficient (Wildman–Crippen LogP) is 3.44. The van der Waals surface area contributed by atoms with E-state index in [4.69, 9.17) is 0 Å². The minimum atomic E-state index is 0.637. The van der Waals surface area contributed by atoms with E-state index in [0.29, 0.717) is 5.95 Å². The van der Waals surface area contributed by atoms with E-state index in [-0.39, 0.29) is 0 Å². The first-order valence-electron chi connectivity index (χ1n) is 4.97. The third kappa shape index (κ3) is 2.49. The highest BCUT2D eigenvalue weighted by Gasteiger charge is 2.03. The summed E-state index contributed by atoms with van der Waals surface area (Å²) in [6.07, 6.45) is 3.59. The lowest BCUT2D eigenvalue weighted by atomic mass is 10.1. The lowest BCUT2D eigenvalue weighted by Crippen LogP contribution is -2.00. The van der Waals surface area contributed by atoms with E-state index in [1.807, 2.05) is 6.07 Å². The molecule has 16 heavy (non-hydrogen) atoms. The third-order valence-electron chi connectivity index (χ3n) is 2.34. The molecule has 3 nitrogen and oxygen atoms in total. The molecule has 0 aliphatic carbocycles. The van der Waals surface area contributed by atoms with Crippen molar-refractivity contribution < 1.29 is 0 Å². The predicted molar refractivity (Wildman–Crippen MR) is 73.9 cm³/mol. The monoisotopic (exact) mass is 325 g/mol. The Hall–Kier alpha value is -1.17. The first-order valence-corrected chi connectivity index (χ1v) is 6.05. The quantitative estimate of drug-likeness (QED) is 0.860. The molecule has 0 radical (unpaired) electrons. The summed E-state index contributed by atoms with van der Waals surface area (Å²) < 4.78 is 1.03. The lowest BCUT2D eigenvalue weighted by Gasteiger charge is -2.10. The van der Waals surface area contributed by atoms with Gasteiger partial charge in [-0.25, -0.2) is 9.97 Å². The standard InChI is InChI=1S/C12H12IN3/c1-8-4-3-5-9(2)11(8)16-12-14-6-10(13)7-15-12/h3-7H,1-2H3,(H,14,15,16). The van der Waals surface area contributed by atoms with Gasteiger partial charge in [0, 0.05) is 21.7 Å². The van der Waals surface area contributed by atoms with Gasteiger partial charge in [0.15, 0.2) is 0 Å². The van der Waals surface area contributed by atoms with Crippen molar-refractivity contribution in [3.8, 4) is 0 Å². The van der Waals surface area contributed by atoms with Gasteiger partial charge in [-0.1, -0.05) is 18.2 Å². The number of hydrogen-bond donors (Lipinski definition) is 1. The zero-order chi connectivity index (χ0) is 11.5. The minimum absolute atomic E-state index is 0.637. The van der Waals surface area contributed by atoms with Gasteiger partial charge in [0.25, 0.3) is 0 Å². The Balaban J connectivity index is 2.30. The van der Waals surface area contributed by atoms with Crippen LogP contribution in [-0.2, 0) is 0 Å². The fraction of sp³-hybridized carbons (Fsp3) is 0.167. The SMILES string of the molecule is Cc1cccc(C)c1Nc1ncc(I)cn1. The van der Waals surface area contributed by atoms with E-state index < -0.39 is 0 Å². The normalized spacial score (nSPS) is 10.2. The minimum Gasteiger partial charge on any atom is -0.324 e. The molecule has 0 saturated heterocycles. The van der Waals surface area contributed by atoms with Gasteiger partial charge in [-0.05, 0) is 47.6 Å². The molecule has 0 aliphatic heterocycles. The van der Waals surface area contributed by atoms with E-state index in [1.165, 1.54) is 11.1 Å². The van der Waals surface area contributed by atoms with Crippen molar-refractivity contribution in [1.82, 2.24) is 9.97 Å². The van der Waals surface area contributed by atoms with E-state index in [9.17, 15) is 0 Å². The first kappa shape index (κ1) is 11.3. The molecule has 1 aromatic carbocycles. The molecule has 82 valence electrons. The number of nitrogens with zero attached hydrogens (tertiary/aromatic N) is 2. The average Bonchev–Trinajstić information content (AvgIpc) is 2.26. The molecule has 0 unspecified atom stereocenters. The Morgan fingerprint density at radius 2 is 1.62 bits per heavy atom. The topological polar surface area (TPSA) is 37.8 Å². The fourth-order valence-electron chi connectivity index (χ4n) is 1.50. The highest BCUT2D eigenvalue weighted by atomic mass is 127. The number of halogens is 1. The molecular formula is C12H12IN3. The Kier molecular flexibility index (Phi) is 3.38. The molecule has 0 fully saturated rings. The third-order valence-corrected chi connectivity index (χ3v) is 2.90. The summed E-state index contributed by atoms with van der Waals surface area (Å²) in [7, 11) is 0. The summed E-state index contributed by atoms with van der Waals surface area (Å²) >= 11 is 2.19. The highest BCUT2D eigenvalue weighted by Crippen LogP contribution is 2.22. The molecule has 2 aromatic rings. The molecule has 2 rings (SSSR count). The average molecular weight is 325 g/mol. The maximum Gasteiger partial charge on any atom is 0.227 e. The summed E-state index contributed by atoms with van der Waals surface area (Å²) in [5.74, 6) is 0.637. The van der Waals surface area contributed by atoms with Crippen molar-refractivity contribution in [2.45, 2.75) is 13.8 Å². The van der Waals surface area contributed by atoms with Crippen LogP contribution in [0.2, 0.25) is 0 Å². The first-order chi connectivity index (χ1) is 7.66. The number of para-hydroxylation sites is 1. The molecule has 0 atom stereocenters. The number of nitrogens with one attached hydrogen (secondary N) is 1. The molecular weight excluding hydrogens is 313 g/mol.